The lowest BCUT2D eigenvalue weighted by Crippen LogP contribution is -2.05. The number of nitrogens with two attached hydrogens (primary N) is 1. The molecular formula is C10H11ClN2O2. The van der Waals surface area contributed by atoms with Crippen molar-refractivity contribution in [3.63, 3.8) is 0 Å². The molecule has 0 aliphatic carbocycles. The van der Waals surface area contributed by atoms with Gasteiger partial charge in [0.2, 0.25) is 0 Å². The Morgan fingerprint density at radius 1 is 1.67 bits per heavy atom. The van der Waals surface area contributed by atoms with E-state index in [1.54, 1.807) is 12.1 Å². The van der Waals surface area contributed by atoms with Crippen LogP contribution in [0, 0.1) is 0 Å². The van der Waals surface area contributed by atoms with Crippen molar-refractivity contribution in [2.45, 2.75) is 6.42 Å². The van der Waals surface area contributed by atoms with Gasteiger partial charge in [-0.3, -0.25) is 0 Å². The van der Waals surface area contributed by atoms with Gasteiger partial charge >= 0.3 is 5.97 Å². The van der Waals surface area contributed by atoms with Crippen LogP contribution in [-0.4, -0.2) is 21.9 Å². The second-order valence-corrected chi connectivity index (χ2v) is 3.27. The first-order valence-electron chi connectivity index (χ1n) is 4.36. The molecule has 0 spiro atoms. The van der Waals surface area contributed by atoms with Crippen LogP contribution in [0.4, 0.5) is 5.69 Å². The van der Waals surface area contributed by atoms with Gasteiger partial charge in [0.1, 0.15) is 0 Å². The number of carboxylic acids is 1. The fourth-order valence-electron chi connectivity index (χ4n) is 1.05. The Kier molecular flexibility index (Phi) is 4.12. The lowest BCUT2D eigenvalue weighted by Gasteiger charge is -2.00. The first-order valence-corrected chi connectivity index (χ1v) is 4.90. The summed E-state index contributed by atoms with van der Waals surface area (Å²) in [6.45, 7) is 0. The number of rotatable bonds is 4. The number of pyridine rings is 1. The van der Waals surface area contributed by atoms with Crippen molar-refractivity contribution < 1.29 is 9.90 Å². The number of nitrogen functional groups attached to an aromatic ring is 1. The monoisotopic (exact) mass is 226 g/mol. The van der Waals surface area contributed by atoms with Crippen LogP contribution in [-0.2, 0) is 0 Å². The maximum Gasteiger partial charge on any atom is 0.356 e. The van der Waals surface area contributed by atoms with E-state index in [2.05, 4.69) is 4.98 Å². The van der Waals surface area contributed by atoms with Crippen LogP contribution in [0.1, 0.15) is 22.5 Å². The van der Waals surface area contributed by atoms with E-state index < -0.39 is 5.97 Å². The Hall–Kier alpha value is -1.55. The van der Waals surface area contributed by atoms with Crippen LogP contribution in [0.5, 0.6) is 0 Å². The third kappa shape index (κ3) is 3.25. The highest BCUT2D eigenvalue weighted by atomic mass is 35.5. The number of carboxylic acid groups (broad SMARTS) is 1. The number of aromatic carboxylic acids is 1. The van der Waals surface area contributed by atoms with Gasteiger partial charge < -0.3 is 10.8 Å². The first kappa shape index (κ1) is 11.5. The molecule has 1 aromatic rings. The van der Waals surface area contributed by atoms with Crippen LogP contribution in [0.25, 0.3) is 6.08 Å². The van der Waals surface area contributed by atoms with Gasteiger partial charge in [-0.05, 0) is 18.1 Å². The predicted octanol–water partition coefficient (Wildman–Crippen LogP) is 2.00. The molecule has 0 saturated heterocycles. The molecule has 0 aliphatic rings. The van der Waals surface area contributed by atoms with E-state index in [9.17, 15) is 4.79 Å². The summed E-state index contributed by atoms with van der Waals surface area (Å²) in [5, 5.41) is 8.69. The molecule has 1 aromatic heterocycles. The van der Waals surface area contributed by atoms with Crippen LogP contribution >= 0.6 is 11.6 Å². The quantitative estimate of drug-likeness (QED) is 0.770. The minimum absolute atomic E-state index is 0.121. The van der Waals surface area contributed by atoms with E-state index >= 15 is 0 Å². The molecule has 80 valence electrons. The number of hydrogen-bond donors (Lipinski definition) is 2. The molecule has 15 heavy (non-hydrogen) atoms. The Labute approximate surface area is 92.4 Å². The lowest BCUT2D eigenvalue weighted by atomic mass is 10.2. The summed E-state index contributed by atoms with van der Waals surface area (Å²) in [5.74, 6) is -0.573. The van der Waals surface area contributed by atoms with Crippen LogP contribution in [0.3, 0.4) is 0 Å². The molecular weight excluding hydrogens is 216 g/mol. The van der Waals surface area contributed by atoms with Gasteiger partial charge in [0.15, 0.2) is 5.69 Å². The number of aromatic nitrogens is 1. The maximum absolute atomic E-state index is 10.6. The number of allylic oxidation sites excluding steroid dienone is 1. The number of nitrogens with zero attached hydrogens (tertiary/aromatic N) is 1. The second kappa shape index (κ2) is 5.36. The van der Waals surface area contributed by atoms with Gasteiger partial charge in [-0.25, -0.2) is 9.78 Å². The zero-order valence-electron chi connectivity index (χ0n) is 7.98. The summed E-state index contributed by atoms with van der Waals surface area (Å²) < 4.78 is 0. The summed E-state index contributed by atoms with van der Waals surface area (Å²) in [5.41, 5.74) is 6.33. The summed E-state index contributed by atoms with van der Waals surface area (Å²) in [6.07, 6.45) is 5.90. The molecule has 0 aliphatic heterocycles. The van der Waals surface area contributed by atoms with Crippen molar-refractivity contribution in [3.05, 3.63) is 29.6 Å². The van der Waals surface area contributed by atoms with Crippen LogP contribution in [0.15, 0.2) is 18.3 Å². The second-order valence-electron chi connectivity index (χ2n) is 2.89. The molecule has 4 nitrogen and oxygen atoms in total. The normalized spacial score (nSPS) is 10.7. The van der Waals surface area contributed by atoms with Crippen molar-refractivity contribution in [1.82, 2.24) is 4.98 Å². The van der Waals surface area contributed by atoms with Crippen molar-refractivity contribution in [2.75, 3.05) is 11.6 Å². The largest absolute Gasteiger partial charge is 0.476 e. The number of carbonyl (C=O) groups is 1. The summed E-state index contributed by atoms with van der Waals surface area (Å²) >= 11 is 5.50. The van der Waals surface area contributed by atoms with Gasteiger partial charge in [0, 0.05) is 12.1 Å². The third-order valence-corrected chi connectivity index (χ3v) is 1.95. The lowest BCUT2D eigenvalue weighted by molar-refractivity contribution is 0.0692. The predicted molar refractivity (Wildman–Crippen MR) is 60.0 cm³/mol. The zero-order chi connectivity index (χ0) is 11.3. The van der Waals surface area contributed by atoms with E-state index in [1.807, 2.05) is 6.08 Å². The average molecular weight is 227 g/mol. The van der Waals surface area contributed by atoms with E-state index in [4.69, 9.17) is 22.4 Å². The molecule has 0 fully saturated rings. The molecule has 0 saturated carbocycles. The first-order chi connectivity index (χ1) is 7.15. The van der Waals surface area contributed by atoms with Crippen molar-refractivity contribution in [2.24, 2.45) is 0 Å². The Bertz CT molecular complexity index is 391. The molecule has 0 unspecified atom stereocenters. The van der Waals surface area contributed by atoms with Crippen LogP contribution < -0.4 is 5.73 Å². The average Bonchev–Trinajstić information content (AvgIpc) is 2.17. The number of alkyl halides is 1. The molecule has 1 heterocycles. The highest BCUT2D eigenvalue weighted by Crippen LogP contribution is 2.12. The number of anilines is 1. The molecule has 5 heteroatoms. The highest BCUT2D eigenvalue weighted by molar-refractivity contribution is 6.17. The highest BCUT2D eigenvalue weighted by Gasteiger charge is 2.08. The molecule has 0 radical (unpaired) electrons. The SMILES string of the molecule is Nc1cc(C=CCCCl)cnc1C(=O)O. The number of halogens is 1. The molecule has 3 N–H and O–H groups in total. The van der Waals surface area contributed by atoms with Crippen molar-refractivity contribution in [1.29, 1.82) is 0 Å². The Morgan fingerprint density at radius 3 is 2.93 bits per heavy atom. The summed E-state index contributed by atoms with van der Waals surface area (Å²) in [4.78, 5) is 14.4. The minimum Gasteiger partial charge on any atom is -0.476 e. The van der Waals surface area contributed by atoms with Gasteiger partial charge in [-0.2, -0.15) is 0 Å². The Balaban J connectivity index is 2.87. The standard InChI is InChI=1S/C10H11ClN2O2/c11-4-2-1-3-7-5-8(12)9(10(14)15)13-6-7/h1,3,5-6H,2,4,12H2,(H,14,15). The maximum atomic E-state index is 10.6. The summed E-state index contributed by atoms with van der Waals surface area (Å²) in [6, 6.07) is 1.57. The molecule has 0 amide bonds. The van der Waals surface area contributed by atoms with Gasteiger partial charge in [-0.15, -0.1) is 11.6 Å². The van der Waals surface area contributed by atoms with E-state index in [0.29, 0.717) is 5.88 Å². The minimum atomic E-state index is -1.12. The number of hydrogen-bond acceptors (Lipinski definition) is 3. The molecule has 0 atom stereocenters. The molecule has 1 rings (SSSR count). The van der Waals surface area contributed by atoms with Crippen LogP contribution in [0.2, 0.25) is 0 Å². The summed E-state index contributed by atoms with van der Waals surface area (Å²) in [7, 11) is 0. The van der Waals surface area contributed by atoms with Gasteiger partial charge in [0.25, 0.3) is 0 Å². The fourth-order valence-corrected chi connectivity index (χ4v) is 1.18. The zero-order valence-corrected chi connectivity index (χ0v) is 8.74. The van der Waals surface area contributed by atoms with E-state index in [-0.39, 0.29) is 11.4 Å². The van der Waals surface area contributed by atoms with Crippen molar-refractivity contribution in [3.8, 4) is 0 Å². The fraction of sp³-hybridized carbons (Fsp3) is 0.200. The van der Waals surface area contributed by atoms with Gasteiger partial charge in [-0.1, -0.05) is 12.2 Å². The smallest absolute Gasteiger partial charge is 0.356 e. The van der Waals surface area contributed by atoms with E-state index in [1.165, 1.54) is 6.20 Å². The topological polar surface area (TPSA) is 76.2 Å². The van der Waals surface area contributed by atoms with Crippen molar-refractivity contribution >= 4 is 29.3 Å². The van der Waals surface area contributed by atoms with Gasteiger partial charge in [0.05, 0.1) is 5.69 Å². The Morgan fingerprint density at radius 2 is 2.40 bits per heavy atom. The molecule has 0 aromatic carbocycles. The third-order valence-electron chi connectivity index (χ3n) is 1.73. The van der Waals surface area contributed by atoms with E-state index in [0.717, 1.165) is 12.0 Å². The molecule has 0 bridgehead atoms.